The van der Waals surface area contributed by atoms with Crippen LogP contribution in [0.3, 0.4) is 0 Å². The van der Waals surface area contributed by atoms with Crippen LogP contribution in [0.25, 0.3) is 0 Å². The molecule has 1 aromatic carbocycles. The number of piperidine rings is 1. The Bertz CT molecular complexity index is 405. The van der Waals surface area contributed by atoms with Crippen molar-refractivity contribution in [3.63, 3.8) is 0 Å². The lowest BCUT2D eigenvalue weighted by molar-refractivity contribution is 0.135. The predicted molar refractivity (Wildman–Crippen MR) is 87.1 cm³/mol. The number of nitrogens with one attached hydrogen (secondary N) is 1. The van der Waals surface area contributed by atoms with E-state index in [0.717, 1.165) is 13.1 Å². The summed E-state index contributed by atoms with van der Waals surface area (Å²) in [5, 5.41) is 3.61. The van der Waals surface area contributed by atoms with Gasteiger partial charge in [-0.25, -0.2) is 0 Å². The minimum Gasteiger partial charge on any atom is -0.313 e. The molecule has 1 aliphatic rings. The van der Waals surface area contributed by atoms with E-state index in [2.05, 4.69) is 56.1 Å². The van der Waals surface area contributed by atoms with Gasteiger partial charge in [0.1, 0.15) is 0 Å². The first-order valence-electron chi connectivity index (χ1n) is 8.09. The lowest BCUT2D eigenvalue weighted by Gasteiger charge is -2.36. The van der Waals surface area contributed by atoms with Crippen molar-refractivity contribution in [1.82, 2.24) is 10.2 Å². The van der Waals surface area contributed by atoms with E-state index in [1.807, 2.05) is 0 Å². The van der Waals surface area contributed by atoms with E-state index in [-0.39, 0.29) is 0 Å². The largest absolute Gasteiger partial charge is 0.313 e. The van der Waals surface area contributed by atoms with Crippen LogP contribution in [0, 0.1) is 13.8 Å². The molecule has 2 rings (SSSR count). The topological polar surface area (TPSA) is 15.3 Å². The van der Waals surface area contributed by atoms with E-state index in [9.17, 15) is 0 Å². The Hall–Kier alpha value is -0.860. The zero-order valence-corrected chi connectivity index (χ0v) is 13.6. The summed E-state index contributed by atoms with van der Waals surface area (Å²) in [6, 6.07) is 8.23. The van der Waals surface area contributed by atoms with Crippen LogP contribution in [0.5, 0.6) is 0 Å². The van der Waals surface area contributed by atoms with Gasteiger partial charge in [-0.15, -0.1) is 0 Å². The lowest BCUT2D eigenvalue weighted by atomic mass is 10.00. The van der Waals surface area contributed by atoms with Crippen molar-refractivity contribution in [3.8, 4) is 0 Å². The van der Waals surface area contributed by atoms with Crippen LogP contribution in [0.15, 0.2) is 18.2 Å². The number of benzene rings is 1. The quantitative estimate of drug-likeness (QED) is 0.881. The minimum absolute atomic E-state index is 0.583. The van der Waals surface area contributed by atoms with Gasteiger partial charge in [0.05, 0.1) is 0 Å². The SMILES string of the molecule is Cc1cc(C)cc(CN2CCCCC2CNC(C)C)c1. The first kappa shape index (κ1) is 15.5. The van der Waals surface area contributed by atoms with E-state index in [4.69, 9.17) is 0 Å². The first-order valence-corrected chi connectivity index (χ1v) is 8.09. The highest BCUT2D eigenvalue weighted by Crippen LogP contribution is 2.20. The molecule has 2 nitrogen and oxygen atoms in total. The Balaban J connectivity index is 2.00. The fraction of sp³-hybridized carbons (Fsp3) is 0.667. The van der Waals surface area contributed by atoms with Crippen LogP contribution < -0.4 is 5.32 Å². The molecule has 20 heavy (non-hydrogen) atoms. The monoisotopic (exact) mass is 274 g/mol. The molecule has 0 radical (unpaired) electrons. The molecule has 0 amide bonds. The first-order chi connectivity index (χ1) is 9.54. The summed E-state index contributed by atoms with van der Waals surface area (Å²) < 4.78 is 0. The van der Waals surface area contributed by atoms with Gasteiger partial charge < -0.3 is 5.32 Å². The fourth-order valence-electron chi connectivity index (χ4n) is 3.27. The van der Waals surface area contributed by atoms with E-state index < -0.39 is 0 Å². The van der Waals surface area contributed by atoms with Gasteiger partial charge in [0.15, 0.2) is 0 Å². The molecule has 0 aliphatic carbocycles. The van der Waals surface area contributed by atoms with Crippen molar-refractivity contribution in [1.29, 1.82) is 0 Å². The minimum atomic E-state index is 0.583. The average molecular weight is 274 g/mol. The normalized spacial score (nSPS) is 20.6. The molecule has 1 N–H and O–H groups in total. The average Bonchev–Trinajstić information content (AvgIpc) is 2.36. The molecule has 1 atom stereocenters. The molecule has 0 bridgehead atoms. The number of hydrogen-bond acceptors (Lipinski definition) is 2. The summed E-state index contributed by atoms with van der Waals surface area (Å²) in [7, 11) is 0. The van der Waals surface area contributed by atoms with E-state index in [1.165, 1.54) is 42.5 Å². The molecule has 1 aromatic rings. The Morgan fingerprint density at radius 2 is 1.85 bits per heavy atom. The maximum absolute atomic E-state index is 3.61. The summed E-state index contributed by atoms with van der Waals surface area (Å²) in [5.74, 6) is 0. The van der Waals surface area contributed by atoms with Gasteiger partial charge in [0, 0.05) is 25.2 Å². The Morgan fingerprint density at radius 3 is 2.50 bits per heavy atom. The van der Waals surface area contributed by atoms with Gasteiger partial charge in [-0.1, -0.05) is 49.6 Å². The van der Waals surface area contributed by atoms with Crippen molar-refractivity contribution in [2.75, 3.05) is 13.1 Å². The Labute approximate surface area is 124 Å². The standard InChI is InChI=1S/C18H30N2/c1-14(2)19-12-18-7-5-6-8-20(18)13-17-10-15(3)9-16(4)11-17/h9-11,14,18-19H,5-8,12-13H2,1-4H3. The number of nitrogens with zero attached hydrogens (tertiary/aromatic N) is 1. The van der Waals surface area contributed by atoms with Crippen LogP contribution in [0.4, 0.5) is 0 Å². The van der Waals surface area contributed by atoms with Gasteiger partial charge in [-0.05, 0) is 38.8 Å². The van der Waals surface area contributed by atoms with Crippen molar-refractivity contribution in [2.24, 2.45) is 0 Å². The number of rotatable bonds is 5. The molecule has 112 valence electrons. The second-order valence-corrected chi connectivity index (χ2v) is 6.68. The van der Waals surface area contributed by atoms with Crippen molar-refractivity contribution in [3.05, 3.63) is 34.9 Å². The fourth-order valence-corrected chi connectivity index (χ4v) is 3.27. The summed E-state index contributed by atoms with van der Waals surface area (Å²) in [6.07, 6.45) is 4.07. The number of aryl methyl sites for hydroxylation is 2. The van der Waals surface area contributed by atoms with Crippen molar-refractivity contribution in [2.45, 2.75) is 65.6 Å². The number of likely N-dealkylation sites (tertiary alicyclic amines) is 1. The zero-order chi connectivity index (χ0) is 14.5. The zero-order valence-electron chi connectivity index (χ0n) is 13.6. The van der Waals surface area contributed by atoms with Crippen LogP contribution >= 0.6 is 0 Å². The molecule has 0 saturated carbocycles. The molecule has 1 unspecified atom stereocenters. The highest BCUT2D eigenvalue weighted by molar-refractivity contribution is 5.28. The highest BCUT2D eigenvalue weighted by atomic mass is 15.2. The summed E-state index contributed by atoms with van der Waals surface area (Å²) in [4.78, 5) is 2.67. The Morgan fingerprint density at radius 1 is 1.15 bits per heavy atom. The molecule has 1 heterocycles. The lowest BCUT2D eigenvalue weighted by Crippen LogP contribution is -2.46. The van der Waals surface area contributed by atoms with E-state index in [1.54, 1.807) is 0 Å². The van der Waals surface area contributed by atoms with Crippen LogP contribution in [0.2, 0.25) is 0 Å². The van der Waals surface area contributed by atoms with E-state index >= 15 is 0 Å². The van der Waals surface area contributed by atoms with E-state index in [0.29, 0.717) is 12.1 Å². The second-order valence-electron chi connectivity index (χ2n) is 6.68. The summed E-state index contributed by atoms with van der Waals surface area (Å²) >= 11 is 0. The summed E-state index contributed by atoms with van der Waals surface area (Å²) in [5.41, 5.74) is 4.24. The van der Waals surface area contributed by atoms with Crippen molar-refractivity contribution >= 4 is 0 Å². The second kappa shape index (κ2) is 7.24. The maximum Gasteiger partial charge on any atom is 0.0237 e. The predicted octanol–water partition coefficient (Wildman–Crippen LogP) is 3.66. The third kappa shape index (κ3) is 4.60. The molecule has 0 spiro atoms. The third-order valence-electron chi connectivity index (χ3n) is 4.18. The molecular weight excluding hydrogens is 244 g/mol. The van der Waals surface area contributed by atoms with Gasteiger partial charge in [-0.3, -0.25) is 4.90 Å². The van der Waals surface area contributed by atoms with Crippen LogP contribution in [-0.2, 0) is 6.54 Å². The van der Waals surface area contributed by atoms with Crippen LogP contribution in [0.1, 0.15) is 49.8 Å². The Kier molecular flexibility index (Phi) is 5.62. The molecule has 2 heteroatoms. The molecule has 1 saturated heterocycles. The van der Waals surface area contributed by atoms with Gasteiger partial charge in [0.25, 0.3) is 0 Å². The third-order valence-corrected chi connectivity index (χ3v) is 4.18. The van der Waals surface area contributed by atoms with Gasteiger partial charge >= 0.3 is 0 Å². The summed E-state index contributed by atoms with van der Waals surface area (Å²) in [6.45, 7) is 12.3. The molecule has 0 aromatic heterocycles. The van der Waals surface area contributed by atoms with Gasteiger partial charge in [-0.2, -0.15) is 0 Å². The smallest absolute Gasteiger partial charge is 0.0237 e. The van der Waals surface area contributed by atoms with Gasteiger partial charge in [0.2, 0.25) is 0 Å². The maximum atomic E-state index is 3.61. The molecule has 1 fully saturated rings. The van der Waals surface area contributed by atoms with Crippen LogP contribution in [-0.4, -0.2) is 30.1 Å². The highest BCUT2D eigenvalue weighted by Gasteiger charge is 2.22. The molecule has 1 aliphatic heterocycles. The molecular formula is C18H30N2. The number of hydrogen-bond donors (Lipinski definition) is 1. The van der Waals surface area contributed by atoms with Crippen molar-refractivity contribution < 1.29 is 0 Å².